The Balaban J connectivity index is 1.09. The Bertz CT molecular complexity index is 2010. The van der Waals surface area contributed by atoms with Crippen LogP contribution in [0.1, 0.15) is 51.9 Å². The molecule has 0 unspecified atom stereocenters. The molecule has 0 fully saturated rings. The van der Waals surface area contributed by atoms with E-state index in [1.165, 1.54) is 5.56 Å². The monoisotopic (exact) mass is 596 g/mol. The van der Waals surface area contributed by atoms with Crippen LogP contribution < -0.4 is 10.6 Å². The molecule has 3 aromatic heterocycles. The van der Waals surface area contributed by atoms with Gasteiger partial charge in [-0.2, -0.15) is 0 Å². The molecule has 0 radical (unpaired) electrons. The third kappa shape index (κ3) is 5.77. The van der Waals surface area contributed by atoms with Crippen LogP contribution in [-0.2, 0) is 13.1 Å². The lowest BCUT2D eigenvalue weighted by molar-refractivity contribution is 0.0707. The second-order valence-electron chi connectivity index (χ2n) is 11.4. The fraction of sp³-hybridized carbons (Fsp3) is 0.171. The van der Waals surface area contributed by atoms with Gasteiger partial charge >= 0.3 is 0 Å². The van der Waals surface area contributed by atoms with E-state index in [0.717, 1.165) is 23.6 Å². The van der Waals surface area contributed by atoms with Gasteiger partial charge in [-0.3, -0.25) is 9.59 Å². The van der Waals surface area contributed by atoms with Gasteiger partial charge in [-0.15, -0.1) is 0 Å². The molecule has 1 aliphatic heterocycles. The number of nitrogens with zero attached hydrogens (tertiary/aromatic N) is 6. The smallest absolute Gasteiger partial charge is 0.255 e. The number of fused-ring (bicyclic) bond motifs is 2. The van der Waals surface area contributed by atoms with Gasteiger partial charge < -0.3 is 24.5 Å². The molecule has 0 aliphatic carbocycles. The van der Waals surface area contributed by atoms with Crippen molar-refractivity contribution < 1.29 is 9.59 Å². The van der Waals surface area contributed by atoms with E-state index in [0.29, 0.717) is 53.0 Å². The normalized spacial score (nSPS) is 12.7. The number of nitrogens with one attached hydrogen (secondary N) is 2. The van der Waals surface area contributed by atoms with Crippen molar-refractivity contribution in [2.24, 2.45) is 0 Å². The van der Waals surface area contributed by atoms with Gasteiger partial charge in [0.1, 0.15) is 5.82 Å². The average Bonchev–Trinajstić information content (AvgIpc) is 3.74. The Morgan fingerprint density at radius 3 is 2.42 bits per heavy atom. The number of carbonyl (C=O) groups excluding carboxylic acids is 2. The molecule has 3 aromatic carbocycles. The first-order chi connectivity index (χ1) is 21.9. The van der Waals surface area contributed by atoms with Crippen molar-refractivity contribution in [1.82, 2.24) is 28.8 Å². The number of carbonyl (C=O) groups is 2. The first-order valence-corrected chi connectivity index (χ1v) is 14.9. The zero-order chi connectivity index (χ0) is 30.9. The van der Waals surface area contributed by atoms with Crippen LogP contribution in [0.3, 0.4) is 0 Å². The van der Waals surface area contributed by atoms with E-state index in [9.17, 15) is 9.59 Å². The van der Waals surface area contributed by atoms with E-state index in [4.69, 9.17) is 4.98 Å². The minimum atomic E-state index is -0.170. The molecule has 10 nitrogen and oxygen atoms in total. The first kappa shape index (κ1) is 28.0. The Morgan fingerprint density at radius 1 is 0.844 bits per heavy atom. The van der Waals surface area contributed by atoms with Gasteiger partial charge in [0.05, 0.1) is 12.2 Å². The third-order valence-electron chi connectivity index (χ3n) is 8.06. The van der Waals surface area contributed by atoms with Crippen LogP contribution in [0.15, 0.2) is 104 Å². The summed E-state index contributed by atoms with van der Waals surface area (Å²) in [6, 6.07) is 22.7. The van der Waals surface area contributed by atoms with Crippen molar-refractivity contribution in [3.05, 3.63) is 126 Å². The van der Waals surface area contributed by atoms with Crippen LogP contribution in [0, 0.1) is 0 Å². The largest absolute Gasteiger partial charge is 0.337 e. The summed E-state index contributed by atoms with van der Waals surface area (Å²) >= 11 is 0. The summed E-state index contributed by atoms with van der Waals surface area (Å²) in [7, 11) is 0. The summed E-state index contributed by atoms with van der Waals surface area (Å²) in [5, 5.41) is 6.38. The summed E-state index contributed by atoms with van der Waals surface area (Å²) in [6.07, 6.45) is 9.21. The van der Waals surface area contributed by atoms with E-state index in [-0.39, 0.29) is 11.8 Å². The fourth-order valence-electron chi connectivity index (χ4n) is 5.50. The predicted molar refractivity (Wildman–Crippen MR) is 174 cm³/mol. The highest BCUT2D eigenvalue weighted by molar-refractivity contribution is 6.04. The maximum Gasteiger partial charge on any atom is 0.255 e. The number of benzene rings is 3. The SMILES string of the molecule is CC(C)c1ccc(C(=O)Nc2cccc(-c3cn4ccnc4c(Nc4ccc(C(=O)N5CCn6ccnc6C5)cc4)n3)c2)cc1. The number of amides is 2. The summed E-state index contributed by atoms with van der Waals surface area (Å²) in [5.41, 5.74) is 6.06. The molecule has 10 heteroatoms. The van der Waals surface area contributed by atoms with Crippen LogP contribution in [-0.4, -0.2) is 47.2 Å². The molecule has 0 saturated carbocycles. The van der Waals surface area contributed by atoms with Crippen LogP contribution >= 0.6 is 0 Å². The zero-order valence-corrected chi connectivity index (χ0v) is 25.0. The summed E-state index contributed by atoms with van der Waals surface area (Å²) < 4.78 is 3.98. The Hall–Kier alpha value is -5.77. The van der Waals surface area contributed by atoms with E-state index >= 15 is 0 Å². The molecule has 0 spiro atoms. The molecule has 2 amide bonds. The molecule has 6 aromatic rings. The van der Waals surface area contributed by atoms with E-state index in [1.807, 2.05) is 101 Å². The lowest BCUT2D eigenvalue weighted by Gasteiger charge is -2.27. The van der Waals surface area contributed by atoms with Gasteiger partial charge in [-0.25, -0.2) is 15.0 Å². The van der Waals surface area contributed by atoms with Crippen LogP contribution in [0.2, 0.25) is 0 Å². The van der Waals surface area contributed by atoms with Crippen LogP contribution in [0.5, 0.6) is 0 Å². The van der Waals surface area contributed by atoms with Crippen molar-refractivity contribution >= 4 is 34.7 Å². The van der Waals surface area contributed by atoms with Crippen molar-refractivity contribution in [3.8, 4) is 11.3 Å². The lowest BCUT2D eigenvalue weighted by Crippen LogP contribution is -2.38. The van der Waals surface area contributed by atoms with Gasteiger partial charge in [0.25, 0.3) is 11.8 Å². The summed E-state index contributed by atoms with van der Waals surface area (Å²) in [4.78, 5) is 41.7. The van der Waals surface area contributed by atoms with Crippen molar-refractivity contribution in [1.29, 1.82) is 0 Å². The molecule has 1 aliphatic rings. The standard InChI is InChI=1S/C35H32N8O2/c1-23(2)24-6-8-25(9-7-24)34(44)39-29-5-3-4-27(20-29)30-21-42-17-15-37-33(42)32(40-30)38-28-12-10-26(11-13-28)35(45)43-19-18-41-16-14-36-31(41)22-43/h3-17,20-21,23H,18-19,22H2,1-2H3,(H,38,40)(H,39,44). The topological polar surface area (TPSA) is 109 Å². The van der Waals surface area contributed by atoms with E-state index in [2.05, 4.69) is 39.0 Å². The van der Waals surface area contributed by atoms with E-state index in [1.54, 1.807) is 12.4 Å². The number of aromatic nitrogens is 5. The van der Waals surface area contributed by atoms with Crippen LogP contribution in [0.4, 0.5) is 17.2 Å². The minimum Gasteiger partial charge on any atom is -0.337 e. The summed E-state index contributed by atoms with van der Waals surface area (Å²) in [5.74, 6) is 1.67. The zero-order valence-electron chi connectivity index (χ0n) is 25.0. The Kier molecular flexibility index (Phi) is 7.30. The quantitative estimate of drug-likeness (QED) is 0.222. The average molecular weight is 597 g/mol. The first-order valence-electron chi connectivity index (χ1n) is 14.9. The summed E-state index contributed by atoms with van der Waals surface area (Å²) in [6.45, 7) is 6.14. The highest BCUT2D eigenvalue weighted by Gasteiger charge is 2.22. The molecular formula is C35H32N8O2. The fourth-order valence-corrected chi connectivity index (χ4v) is 5.50. The second kappa shape index (κ2) is 11.7. The maximum absolute atomic E-state index is 13.2. The Morgan fingerprint density at radius 2 is 1.62 bits per heavy atom. The molecular weight excluding hydrogens is 564 g/mol. The van der Waals surface area contributed by atoms with Crippen molar-refractivity contribution in [2.45, 2.75) is 32.9 Å². The maximum atomic E-state index is 13.2. The van der Waals surface area contributed by atoms with Gasteiger partial charge in [0.2, 0.25) is 0 Å². The van der Waals surface area contributed by atoms with Gasteiger partial charge in [0, 0.05) is 72.1 Å². The molecule has 0 bridgehead atoms. The van der Waals surface area contributed by atoms with E-state index < -0.39 is 0 Å². The Labute approximate surface area is 260 Å². The molecule has 0 atom stereocenters. The number of anilines is 3. The number of hydrogen-bond donors (Lipinski definition) is 2. The second-order valence-corrected chi connectivity index (χ2v) is 11.4. The molecule has 7 rings (SSSR count). The number of rotatable bonds is 7. The van der Waals surface area contributed by atoms with Crippen molar-refractivity contribution in [3.63, 3.8) is 0 Å². The van der Waals surface area contributed by atoms with Gasteiger partial charge in [-0.1, -0.05) is 38.1 Å². The molecule has 0 saturated heterocycles. The number of imidazole rings is 2. The van der Waals surface area contributed by atoms with Crippen LogP contribution in [0.25, 0.3) is 16.9 Å². The minimum absolute atomic E-state index is 0.0221. The highest BCUT2D eigenvalue weighted by atomic mass is 16.2. The molecule has 224 valence electrons. The predicted octanol–water partition coefficient (Wildman–Crippen LogP) is 6.37. The lowest BCUT2D eigenvalue weighted by atomic mass is 10.0. The molecule has 45 heavy (non-hydrogen) atoms. The van der Waals surface area contributed by atoms with Crippen molar-refractivity contribution in [2.75, 3.05) is 17.2 Å². The number of hydrogen-bond acceptors (Lipinski definition) is 6. The molecule has 4 heterocycles. The third-order valence-corrected chi connectivity index (χ3v) is 8.06. The highest BCUT2D eigenvalue weighted by Crippen LogP contribution is 2.27. The van der Waals surface area contributed by atoms with Gasteiger partial charge in [0.15, 0.2) is 11.5 Å². The molecule has 2 N–H and O–H groups in total. The van der Waals surface area contributed by atoms with Gasteiger partial charge in [-0.05, 0) is 60.0 Å².